The van der Waals surface area contributed by atoms with Gasteiger partial charge >= 0.3 is 0 Å². The van der Waals surface area contributed by atoms with E-state index in [2.05, 4.69) is 4.98 Å². The van der Waals surface area contributed by atoms with Gasteiger partial charge in [0.2, 0.25) is 11.8 Å². The van der Waals surface area contributed by atoms with Crippen molar-refractivity contribution in [2.45, 2.75) is 32.9 Å². The van der Waals surface area contributed by atoms with Crippen LogP contribution in [-0.4, -0.2) is 58.3 Å². The van der Waals surface area contributed by atoms with E-state index in [0.717, 1.165) is 5.56 Å². The van der Waals surface area contributed by atoms with E-state index in [1.54, 1.807) is 40.9 Å². The maximum absolute atomic E-state index is 13.7. The summed E-state index contributed by atoms with van der Waals surface area (Å²) in [6, 6.07) is 11.7. The monoisotopic (exact) mass is 609 g/mol. The third-order valence-corrected chi connectivity index (χ3v) is 7.51. The zero-order chi connectivity index (χ0) is 30.5. The highest BCUT2D eigenvalue weighted by molar-refractivity contribution is 6.34. The number of primary amides is 1. The van der Waals surface area contributed by atoms with Crippen LogP contribution >= 0.6 is 23.2 Å². The number of fused-ring (bicyclic) bond motifs is 3. The van der Waals surface area contributed by atoms with Gasteiger partial charge in [-0.05, 0) is 57.2 Å². The third kappa shape index (κ3) is 5.23. The number of ether oxygens (including phenoxy) is 3. The first-order chi connectivity index (χ1) is 19.8. The molecule has 2 aromatic heterocycles. The molecular formula is C30H29Cl2N5O5. The number of amides is 2. The number of nitrogens with two attached hydrogens (primary N) is 1. The van der Waals surface area contributed by atoms with E-state index in [4.69, 9.17) is 48.2 Å². The van der Waals surface area contributed by atoms with Crippen molar-refractivity contribution < 1.29 is 23.8 Å². The van der Waals surface area contributed by atoms with Crippen LogP contribution in [0.4, 0.5) is 0 Å². The number of hydrogen-bond donors (Lipinski definition) is 1. The maximum atomic E-state index is 13.7. The number of carbonyl (C=O) groups excluding carboxylic acids is 2. The molecular weight excluding hydrogens is 581 g/mol. The fourth-order valence-electron chi connectivity index (χ4n) is 4.60. The molecule has 12 heteroatoms. The second-order valence-electron chi connectivity index (χ2n) is 10.7. The van der Waals surface area contributed by atoms with Gasteiger partial charge in [-0.15, -0.1) is 0 Å². The number of rotatable bonds is 6. The molecule has 5 rings (SSSR count). The van der Waals surface area contributed by atoms with Gasteiger partial charge in [0.05, 0.1) is 25.6 Å². The molecule has 0 aliphatic carbocycles. The number of methoxy groups -OCH3 is 2. The lowest BCUT2D eigenvalue weighted by Gasteiger charge is -2.31. The first kappa shape index (κ1) is 29.2. The van der Waals surface area contributed by atoms with E-state index in [1.165, 1.54) is 20.3 Å². The molecule has 0 bridgehead atoms. The zero-order valence-electron chi connectivity index (χ0n) is 23.9. The van der Waals surface area contributed by atoms with E-state index in [-0.39, 0.29) is 29.7 Å². The topological polar surface area (TPSA) is 122 Å². The van der Waals surface area contributed by atoms with Crippen LogP contribution in [0.25, 0.3) is 28.2 Å². The predicted octanol–water partition coefficient (Wildman–Crippen LogP) is 5.79. The molecule has 0 radical (unpaired) electrons. The minimum Gasteiger partial charge on any atom is -0.496 e. The molecule has 4 aromatic rings. The number of pyridine rings is 1. The van der Waals surface area contributed by atoms with Gasteiger partial charge in [0.1, 0.15) is 18.1 Å². The van der Waals surface area contributed by atoms with Gasteiger partial charge in [0.15, 0.2) is 11.4 Å². The van der Waals surface area contributed by atoms with Crippen LogP contribution in [0.5, 0.6) is 17.4 Å². The summed E-state index contributed by atoms with van der Waals surface area (Å²) in [5.74, 6) is 0.0571. The summed E-state index contributed by atoms with van der Waals surface area (Å²) in [6.45, 7) is 5.95. The number of aromatic nitrogens is 3. The first-order valence-corrected chi connectivity index (χ1v) is 13.7. The lowest BCUT2D eigenvalue weighted by molar-refractivity contribution is 0.0644. The van der Waals surface area contributed by atoms with Crippen molar-refractivity contribution in [2.24, 2.45) is 5.73 Å². The van der Waals surface area contributed by atoms with Crippen molar-refractivity contribution in [1.82, 2.24) is 19.7 Å². The Morgan fingerprint density at radius 2 is 1.69 bits per heavy atom. The Kier molecular flexibility index (Phi) is 7.55. The first-order valence-electron chi connectivity index (χ1n) is 12.9. The Morgan fingerprint density at radius 3 is 2.29 bits per heavy atom. The number of halogens is 2. The highest BCUT2D eigenvalue weighted by Crippen LogP contribution is 2.46. The smallest absolute Gasteiger partial charge is 0.278 e. The summed E-state index contributed by atoms with van der Waals surface area (Å²) in [5.41, 5.74) is 8.95. The van der Waals surface area contributed by atoms with Crippen molar-refractivity contribution in [3.8, 4) is 45.6 Å². The molecule has 0 saturated heterocycles. The van der Waals surface area contributed by atoms with Crippen LogP contribution in [0.3, 0.4) is 0 Å². The number of benzene rings is 2. The second-order valence-corrected chi connectivity index (χ2v) is 11.6. The average Bonchev–Trinajstić information content (AvgIpc) is 3.34. The molecule has 1 aliphatic heterocycles. The lowest BCUT2D eigenvalue weighted by Crippen LogP contribution is -2.42. The lowest BCUT2D eigenvalue weighted by atomic mass is 9.95. The van der Waals surface area contributed by atoms with Gasteiger partial charge < -0.3 is 24.8 Å². The molecule has 2 N–H and O–H groups in total. The molecule has 42 heavy (non-hydrogen) atoms. The predicted molar refractivity (Wildman–Crippen MR) is 160 cm³/mol. The van der Waals surface area contributed by atoms with E-state index in [0.29, 0.717) is 49.7 Å². The van der Waals surface area contributed by atoms with Crippen LogP contribution in [-0.2, 0) is 6.61 Å². The molecule has 218 valence electrons. The zero-order valence-corrected chi connectivity index (χ0v) is 25.4. The molecule has 2 aromatic carbocycles. The van der Waals surface area contributed by atoms with Gasteiger partial charge in [-0.25, -0.2) is 9.67 Å². The summed E-state index contributed by atoms with van der Waals surface area (Å²) >= 11 is 12.7. The highest BCUT2D eigenvalue weighted by Gasteiger charge is 2.35. The van der Waals surface area contributed by atoms with Crippen molar-refractivity contribution in [2.75, 3.05) is 21.3 Å². The largest absolute Gasteiger partial charge is 0.496 e. The molecule has 0 atom stereocenters. The maximum Gasteiger partial charge on any atom is 0.278 e. The fraction of sp³-hybridized carbons (Fsp3) is 0.267. The minimum absolute atomic E-state index is 0.136. The van der Waals surface area contributed by atoms with Crippen LogP contribution in [0.2, 0.25) is 10.0 Å². The van der Waals surface area contributed by atoms with Crippen molar-refractivity contribution in [3.05, 3.63) is 69.3 Å². The highest BCUT2D eigenvalue weighted by atomic mass is 35.5. The van der Waals surface area contributed by atoms with E-state index < -0.39 is 11.4 Å². The van der Waals surface area contributed by atoms with Gasteiger partial charge in [-0.2, -0.15) is 5.10 Å². The van der Waals surface area contributed by atoms with Crippen LogP contribution < -0.4 is 19.9 Å². The second kappa shape index (κ2) is 10.8. The van der Waals surface area contributed by atoms with E-state index in [9.17, 15) is 9.59 Å². The van der Waals surface area contributed by atoms with Gasteiger partial charge in [0, 0.05) is 51.0 Å². The van der Waals surface area contributed by atoms with Crippen LogP contribution in [0.15, 0.2) is 42.5 Å². The van der Waals surface area contributed by atoms with E-state index >= 15 is 0 Å². The molecule has 10 nitrogen and oxygen atoms in total. The fourth-order valence-corrected chi connectivity index (χ4v) is 5.11. The molecule has 0 fully saturated rings. The third-order valence-electron chi connectivity index (χ3n) is 7.07. The van der Waals surface area contributed by atoms with Crippen molar-refractivity contribution in [1.29, 1.82) is 0 Å². The number of hydrogen-bond acceptors (Lipinski definition) is 7. The Hall–Kier alpha value is -4.28. The standard InChI is InChI=1S/C30H29Cl2N5O5/c1-30(2,3)36(4)29(39)25-27-26(37(35-25)19-11-17(31)10-18(32)12-19)20-13-21(23(40-5)8-16(20)14-42-27)22-7-15(28(33)38)9-24(34-22)41-6/h7-13H,14H2,1-6H3,(H2,33,38). The summed E-state index contributed by atoms with van der Waals surface area (Å²) in [5, 5.41) is 5.54. The van der Waals surface area contributed by atoms with E-state index in [1.807, 2.05) is 32.9 Å². The molecule has 1 aliphatic rings. The number of nitrogens with zero attached hydrogens (tertiary/aromatic N) is 4. The Bertz CT molecular complexity index is 1720. The van der Waals surface area contributed by atoms with Gasteiger partial charge in [-0.3, -0.25) is 9.59 Å². The molecule has 0 saturated carbocycles. The summed E-state index contributed by atoms with van der Waals surface area (Å²) in [7, 11) is 4.70. The molecule has 0 unspecified atom stereocenters. The van der Waals surface area contributed by atoms with Crippen LogP contribution in [0.1, 0.15) is 47.2 Å². The minimum atomic E-state index is -0.633. The molecule has 0 spiro atoms. The van der Waals surface area contributed by atoms with Crippen molar-refractivity contribution >= 4 is 35.0 Å². The van der Waals surface area contributed by atoms with Gasteiger partial charge in [0.25, 0.3) is 5.91 Å². The molecule has 2 amide bonds. The Morgan fingerprint density at radius 1 is 1.00 bits per heavy atom. The SMILES string of the molecule is COc1cc(C(N)=O)cc(-c2cc3c(cc2OC)COc2c(C(=O)N(C)C(C)(C)C)nn(-c4cc(Cl)cc(Cl)c4)c2-3)n1. The summed E-state index contributed by atoms with van der Waals surface area (Å²) in [6.07, 6.45) is 0. The summed E-state index contributed by atoms with van der Waals surface area (Å²) in [4.78, 5) is 32.0. The quantitative estimate of drug-likeness (QED) is 0.294. The Balaban J connectivity index is 1.81. The van der Waals surface area contributed by atoms with Crippen molar-refractivity contribution in [3.63, 3.8) is 0 Å². The normalized spacial score (nSPS) is 12.2. The number of carbonyl (C=O) groups is 2. The average molecular weight is 610 g/mol. The van der Waals surface area contributed by atoms with Crippen LogP contribution in [0, 0.1) is 0 Å². The molecule has 3 heterocycles. The summed E-state index contributed by atoms with van der Waals surface area (Å²) < 4.78 is 18.8. The van der Waals surface area contributed by atoms with Gasteiger partial charge in [-0.1, -0.05) is 23.2 Å². The Labute approximate surface area is 252 Å².